The molecular weight excluding hydrogens is 286 g/mol. The van der Waals surface area contributed by atoms with Gasteiger partial charge in [0, 0.05) is 12.6 Å². The highest BCUT2D eigenvalue weighted by Crippen LogP contribution is 2.05. The van der Waals surface area contributed by atoms with E-state index in [4.69, 9.17) is 4.74 Å². The number of rotatable bonds is 6. The second-order valence-corrected chi connectivity index (χ2v) is 4.79. The highest BCUT2D eigenvalue weighted by Gasteiger charge is 2.07. The minimum Gasteiger partial charge on any atom is -0.465 e. The number of carbonyl (C=O) groups excluding carboxylic acids is 3. The Morgan fingerprint density at radius 2 is 1.77 bits per heavy atom. The van der Waals surface area contributed by atoms with Crippen LogP contribution in [0, 0.1) is 0 Å². The van der Waals surface area contributed by atoms with Crippen LogP contribution in [-0.2, 0) is 25.6 Å². The van der Waals surface area contributed by atoms with Gasteiger partial charge in [-0.1, -0.05) is 17.7 Å². The van der Waals surface area contributed by atoms with Crippen LogP contribution in [0.4, 0.5) is 0 Å². The van der Waals surface area contributed by atoms with Crippen molar-refractivity contribution in [2.45, 2.75) is 20.4 Å². The van der Waals surface area contributed by atoms with Crippen LogP contribution in [0.3, 0.4) is 0 Å². The molecule has 0 aliphatic heterocycles. The van der Waals surface area contributed by atoms with Gasteiger partial charge in [-0.2, -0.15) is 0 Å². The molecule has 118 valence electrons. The number of nitrogens with one attached hydrogen (secondary N) is 1. The Hall–Kier alpha value is -2.63. The average molecular weight is 305 g/mol. The maximum absolute atomic E-state index is 11.5. The van der Waals surface area contributed by atoms with Gasteiger partial charge >= 0.3 is 11.9 Å². The molecule has 0 atom stereocenters. The summed E-state index contributed by atoms with van der Waals surface area (Å²) in [6.07, 6.45) is 1.32. The maximum Gasteiger partial charge on any atom is 0.337 e. The first-order valence-electron chi connectivity index (χ1n) is 6.68. The molecule has 0 spiro atoms. The number of benzene rings is 1. The monoisotopic (exact) mass is 305 g/mol. The minimum atomic E-state index is -0.544. The van der Waals surface area contributed by atoms with Gasteiger partial charge < -0.3 is 14.8 Å². The zero-order valence-electron chi connectivity index (χ0n) is 12.8. The predicted molar refractivity (Wildman–Crippen MR) is 80.0 cm³/mol. The lowest BCUT2D eigenvalue weighted by molar-refractivity contribution is -0.143. The van der Waals surface area contributed by atoms with Crippen LogP contribution in [0.15, 0.2) is 35.9 Å². The van der Waals surface area contributed by atoms with E-state index in [2.05, 4.69) is 10.1 Å². The summed E-state index contributed by atoms with van der Waals surface area (Å²) >= 11 is 0. The Morgan fingerprint density at radius 3 is 2.32 bits per heavy atom. The third kappa shape index (κ3) is 6.21. The molecule has 0 fully saturated rings. The van der Waals surface area contributed by atoms with Crippen LogP contribution in [0.5, 0.6) is 0 Å². The molecule has 0 radical (unpaired) electrons. The molecule has 6 nitrogen and oxygen atoms in total. The normalized spacial score (nSPS) is 9.59. The molecule has 1 N–H and O–H groups in total. The lowest BCUT2D eigenvalue weighted by atomic mass is 10.1. The van der Waals surface area contributed by atoms with Gasteiger partial charge in [-0.3, -0.25) is 4.79 Å². The van der Waals surface area contributed by atoms with Gasteiger partial charge in [-0.05, 0) is 31.5 Å². The smallest absolute Gasteiger partial charge is 0.337 e. The van der Waals surface area contributed by atoms with E-state index < -0.39 is 17.8 Å². The highest BCUT2D eigenvalue weighted by molar-refractivity contribution is 5.89. The Labute approximate surface area is 129 Å². The maximum atomic E-state index is 11.5. The molecule has 1 rings (SSSR count). The second-order valence-electron chi connectivity index (χ2n) is 4.79. The number of methoxy groups -OCH3 is 1. The molecule has 0 aliphatic rings. The lowest BCUT2D eigenvalue weighted by Gasteiger charge is -2.06. The van der Waals surface area contributed by atoms with E-state index in [0.29, 0.717) is 5.56 Å². The minimum absolute atomic E-state index is 0.278. The Morgan fingerprint density at radius 1 is 1.14 bits per heavy atom. The van der Waals surface area contributed by atoms with E-state index in [1.165, 1.54) is 13.2 Å². The van der Waals surface area contributed by atoms with Crippen molar-refractivity contribution >= 4 is 17.8 Å². The standard InChI is InChI=1S/C16H19NO5/c1-11(2)8-15(19)22-10-14(18)17-9-12-4-6-13(7-5-12)16(20)21-3/h4-8H,9-10H2,1-3H3,(H,17,18). The molecule has 0 aliphatic carbocycles. The fraction of sp³-hybridized carbons (Fsp3) is 0.312. The largest absolute Gasteiger partial charge is 0.465 e. The molecule has 0 bridgehead atoms. The summed E-state index contributed by atoms with van der Waals surface area (Å²) in [4.78, 5) is 34.1. The first kappa shape index (κ1) is 17.4. The van der Waals surface area contributed by atoms with Crippen molar-refractivity contribution in [1.82, 2.24) is 5.32 Å². The molecule has 1 amide bonds. The number of hydrogen-bond donors (Lipinski definition) is 1. The van der Waals surface area contributed by atoms with Crippen molar-refractivity contribution < 1.29 is 23.9 Å². The second kappa shape index (κ2) is 8.61. The molecule has 22 heavy (non-hydrogen) atoms. The number of amides is 1. The molecular formula is C16H19NO5. The third-order valence-electron chi connectivity index (χ3n) is 2.62. The van der Waals surface area contributed by atoms with Crippen LogP contribution >= 0.6 is 0 Å². The van der Waals surface area contributed by atoms with E-state index in [0.717, 1.165) is 11.1 Å². The Kier molecular flexibility index (Phi) is 6.82. The summed E-state index contributed by atoms with van der Waals surface area (Å²) in [6, 6.07) is 6.65. The molecule has 0 unspecified atom stereocenters. The topological polar surface area (TPSA) is 81.7 Å². The van der Waals surface area contributed by atoms with Gasteiger partial charge in [-0.15, -0.1) is 0 Å². The molecule has 0 saturated heterocycles. The van der Waals surface area contributed by atoms with E-state index in [9.17, 15) is 14.4 Å². The van der Waals surface area contributed by atoms with Crippen molar-refractivity contribution in [3.05, 3.63) is 47.0 Å². The lowest BCUT2D eigenvalue weighted by Crippen LogP contribution is -2.28. The summed E-state index contributed by atoms with van der Waals surface area (Å²) < 4.78 is 9.37. The van der Waals surface area contributed by atoms with Gasteiger partial charge in [0.15, 0.2) is 6.61 Å². The highest BCUT2D eigenvalue weighted by atomic mass is 16.5. The average Bonchev–Trinajstić information content (AvgIpc) is 2.50. The summed E-state index contributed by atoms with van der Waals surface area (Å²) in [5, 5.41) is 2.62. The molecule has 0 aromatic heterocycles. The quantitative estimate of drug-likeness (QED) is 0.637. The van der Waals surface area contributed by atoms with Crippen molar-refractivity contribution in [2.24, 2.45) is 0 Å². The summed E-state index contributed by atoms with van der Waals surface area (Å²) in [7, 11) is 1.31. The first-order chi connectivity index (χ1) is 10.4. The SMILES string of the molecule is COC(=O)c1ccc(CNC(=O)COC(=O)C=C(C)C)cc1. The molecule has 6 heteroatoms. The van der Waals surface area contributed by atoms with Gasteiger partial charge in [0.05, 0.1) is 12.7 Å². The van der Waals surface area contributed by atoms with Crippen LogP contribution in [0.25, 0.3) is 0 Å². The summed E-state index contributed by atoms with van der Waals surface area (Å²) in [5.74, 6) is -1.35. The van der Waals surface area contributed by atoms with E-state index in [1.807, 2.05) is 0 Å². The zero-order chi connectivity index (χ0) is 16.5. The third-order valence-corrected chi connectivity index (χ3v) is 2.62. The van der Waals surface area contributed by atoms with Crippen molar-refractivity contribution in [3.63, 3.8) is 0 Å². The van der Waals surface area contributed by atoms with E-state index in [-0.39, 0.29) is 13.2 Å². The summed E-state index contributed by atoms with van der Waals surface area (Å²) in [6.45, 7) is 3.47. The molecule has 1 aromatic carbocycles. The number of esters is 2. The number of ether oxygens (including phenoxy) is 2. The zero-order valence-corrected chi connectivity index (χ0v) is 12.8. The Balaban J connectivity index is 2.39. The van der Waals surface area contributed by atoms with Gasteiger partial charge in [0.25, 0.3) is 5.91 Å². The predicted octanol–water partition coefficient (Wildman–Crippen LogP) is 1.60. The molecule has 1 aromatic rings. The molecule has 0 heterocycles. The van der Waals surface area contributed by atoms with Gasteiger partial charge in [-0.25, -0.2) is 9.59 Å². The molecule has 0 saturated carbocycles. The van der Waals surface area contributed by atoms with E-state index >= 15 is 0 Å². The number of allylic oxidation sites excluding steroid dienone is 1. The van der Waals surface area contributed by atoms with Crippen molar-refractivity contribution in [2.75, 3.05) is 13.7 Å². The fourth-order valence-corrected chi connectivity index (χ4v) is 1.54. The van der Waals surface area contributed by atoms with E-state index in [1.54, 1.807) is 38.1 Å². The van der Waals surface area contributed by atoms with Crippen molar-refractivity contribution in [3.8, 4) is 0 Å². The number of hydrogen-bond acceptors (Lipinski definition) is 5. The van der Waals surface area contributed by atoms with Crippen LogP contribution in [-0.4, -0.2) is 31.6 Å². The van der Waals surface area contributed by atoms with Crippen molar-refractivity contribution in [1.29, 1.82) is 0 Å². The van der Waals surface area contributed by atoms with Crippen LogP contribution in [0.2, 0.25) is 0 Å². The van der Waals surface area contributed by atoms with Gasteiger partial charge in [0.1, 0.15) is 0 Å². The van der Waals surface area contributed by atoms with Gasteiger partial charge in [0.2, 0.25) is 0 Å². The summed E-state index contributed by atoms with van der Waals surface area (Å²) in [5.41, 5.74) is 2.06. The fourth-order valence-electron chi connectivity index (χ4n) is 1.54. The number of carbonyl (C=O) groups is 3. The van der Waals surface area contributed by atoms with Crippen LogP contribution < -0.4 is 5.32 Å². The Bertz CT molecular complexity index is 571. The first-order valence-corrected chi connectivity index (χ1v) is 6.68. The van der Waals surface area contributed by atoms with Crippen LogP contribution in [0.1, 0.15) is 29.8 Å².